The summed E-state index contributed by atoms with van der Waals surface area (Å²) in [6, 6.07) is 40.3. The number of rotatable bonds is 14. The molecular formula is C76H83N9O9. The number of carbonyl (C=O) groups is 6. The average molecular weight is 1270 g/mol. The van der Waals surface area contributed by atoms with Gasteiger partial charge in [0.25, 0.3) is 0 Å². The molecule has 3 N–H and O–H groups in total. The number of unbranched alkanes of at least 4 members (excludes halogenated alkanes) is 1. The second kappa shape index (κ2) is 24.3. The first-order chi connectivity index (χ1) is 45.9. The molecule has 5 aromatic carbocycles. The number of nitrogens with zero attached hydrogens (tertiary/aromatic N) is 7. The predicted molar refractivity (Wildman–Crippen MR) is 357 cm³/mol. The molecule has 2 aromatic heterocycles. The Labute approximate surface area is 548 Å². The quantitative estimate of drug-likeness (QED) is 0.0529. The number of imidazole rings is 2. The van der Waals surface area contributed by atoms with E-state index in [2.05, 4.69) is 51.3 Å². The third-order valence-corrected chi connectivity index (χ3v) is 22.2. The lowest BCUT2D eigenvalue weighted by atomic mass is 9.98. The van der Waals surface area contributed by atoms with Gasteiger partial charge in [0, 0.05) is 67.2 Å². The summed E-state index contributed by atoms with van der Waals surface area (Å²) in [6.45, 7) is 2.87. The van der Waals surface area contributed by atoms with Crippen molar-refractivity contribution in [3.63, 3.8) is 0 Å². The molecule has 7 aromatic rings. The zero-order valence-corrected chi connectivity index (χ0v) is 53.9. The number of aromatic nitrogens is 4. The maximum atomic E-state index is 13.2. The second-order valence-electron chi connectivity index (χ2n) is 27.7. The number of para-hydroxylation sites is 5. The number of ether oxygens (including phenoxy) is 2. The van der Waals surface area contributed by atoms with Gasteiger partial charge in [0.2, 0.25) is 29.5 Å². The Bertz CT molecular complexity index is 4120. The number of methoxy groups -OCH3 is 2. The molecule has 5 saturated carbocycles. The van der Waals surface area contributed by atoms with E-state index in [4.69, 9.17) is 24.5 Å². The van der Waals surface area contributed by atoms with E-state index in [9.17, 15) is 28.8 Å². The Balaban J connectivity index is 0.0000000994. The van der Waals surface area contributed by atoms with Crippen molar-refractivity contribution in [3.05, 3.63) is 184 Å². The van der Waals surface area contributed by atoms with Crippen LogP contribution in [0.15, 0.2) is 121 Å². The first kappa shape index (κ1) is 61.6. The maximum absolute atomic E-state index is 13.2. The van der Waals surface area contributed by atoms with Gasteiger partial charge in [-0.05, 0) is 187 Å². The van der Waals surface area contributed by atoms with Crippen LogP contribution >= 0.6 is 0 Å². The molecule has 0 atom stereocenters. The number of hydrogen-bond donors (Lipinski definition) is 3. The topological polar surface area (TPSA) is 213 Å². The monoisotopic (exact) mass is 1270 g/mol. The standard InChI is InChI=1S/C22H27N3O2.C18H19N3O.C14H17NO3.C12H11NO2.C10H9NO/c26-14-6-5-13-24-19-10-4-2-8-17(19)23-20(24)15-25-18-9-3-1-7-16(18)22(11-12-22)21(25)27;22-17-18(9-10-18)12-5-1-4-8-15(12)21(17)11-16-19-13-6-2-3-7-14(13)20-16;1-17-12(18-2)9-15-11-6-4-3-5-10(11)14(7-8-14)13(15)16;14-8-7-13-10-4-2-1-3-9(10)12(5-6-12)11(13)15;12-9-10(5-6-10)7-3-1-2-4-8(7)11-9/h1,3,7,9,26H,2,4-6,8,10-15H2;1,4-5,8H,2-3,6-7,9-11H2,(H,19,20);3-6,12H,7-9H2,1-2H3;1-4,8H,5-7H2;1-4H,5-6H2,(H,11,12). The van der Waals surface area contributed by atoms with Crippen molar-refractivity contribution < 1.29 is 43.3 Å². The summed E-state index contributed by atoms with van der Waals surface area (Å²) in [7, 11) is 3.18. The number of hydrogen-bond acceptors (Lipinski definition) is 11. The van der Waals surface area contributed by atoms with Gasteiger partial charge in [-0.25, -0.2) is 9.97 Å². The SMILES string of the molecule is COC(CN1C(=O)C2(CC2)c2ccccc21)OC.O=C1N(Cc2nc3c([nH]2)CCCC3)c2ccccc2C12CC2.O=C1N(Cc2nc3c(n2CCCCO)CCCC3)c2ccccc2C12CC2.O=C1Nc2ccccc2C12CC2.O=CCN1C(=O)C2(CC2)c2ccccc21. The third-order valence-electron chi connectivity index (χ3n) is 22.2. The molecule has 0 bridgehead atoms. The highest BCUT2D eigenvalue weighted by molar-refractivity contribution is 6.13. The van der Waals surface area contributed by atoms with E-state index < -0.39 is 0 Å². The fraction of sp³-hybridized carbons (Fsp3) is 0.447. The van der Waals surface area contributed by atoms with E-state index in [-0.39, 0.29) is 76.1 Å². The molecule has 18 heteroatoms. The molecular weight excluding hydrogens is 1180 g/mol. The van der Waals surface area contributed by atoms with E-state index in [1.807, 2.05) is 94.7 Å². The van der Waals surface area contributed by atoms with E-state index in [1.165, 1.54) is 70.7 Å². The highest BCUT2D eigenvalue weighted by atomic mass is 16.7. The van der Waals surface area contributed by atoms with Gasteiger partial charge in [-0.1, -0.05) is 91.0 Å². The minimum Gasteiger partial charge on any atom is -0.396 e. The van der Waals surface area contributed by atoms with Gasteiger partial charge in [-0.3, -0.25) is 24.0 Å². The first-order valence-electron chi connectivity index (χ1n) is 34.2. The van der Waals surface area contributed by atoms with Crippen molar-refractivity contribution in [3.8, 4) is 0 Å². The number of amides is 5. The van der Waals surface area contributed by atoms with Gasteiger partial charge in [0.1, 0.15) is 17.9 Å². The number of aldehydes is 1. The molecule has 12 aliphatic rings. The van der Waals surface area contributed by atoms with Crippen molar-refractivity contribution in [1.29, 1.82) is 0 Å². The lowest BCUT2D eigenvalue weighted by Crippen LogP contribution is -2.39. The number of aliphatic hydroxyl groups excluding tert-OH is 1. The number of aliphatic hydroxyl groups is 1. The molecule has 486 valence electrons. The van der Waals surface area contributed by atoms with Crippen LogP contribution in [0.2, 0.25) is 0 Å². The van der Waals surface area contributed by atoms with E-state index in [0.29, 0.717) is 19.6 Å². The number of aryl methyl sites for hydroxylation is 3. The van der Waals surface area contributed by atoms with Gasteiger partial charge >= 0.3 is 0 Å². The van der Waals surface area contributed by atoms with Crippen molar-refractivity contribution in [1.82, 2.24) is 19.5 Å². The fourth-order valence-electron chi connectivity index (χ4n) is 16.3. The number of H-pyrrole nitrogens is 1. The minimum absolute atomic E-state index is 0.107. The van der Waals surface area contributed by atoms with Gasteiger partial charge in [-0.15, -0.1) is 0 Å². The van der Waals surface area contributed by atoms with Crippen LogP contribution in [0, 0.1) is 0 Å². The number of anilines is 5. The maximum Gasteiger partial charge on any atom is 0.238 e. The van der Waals surface area contributed by atoms with Crippen LogP contribution in [-0.4, -0.2) is 101 Å². The molecule has 0 unspecified atom stereocenters. The van der Waals surface area contributed by atoms with Gasteiger partial charge in [-0.2, -0.15) is 0 Å². The van der Waals surface area contributed by atoms with Crippen LogP contribution in [0.25, 0.3) is 0 Å². The Morgan fingerprint density at radius 3 is 1.47 bits per heavy atom. The van der Waals surface area contributed by atoms with E-state index >= 15 is 0 Å². The van der Waals surface area contributed by atoms with Crippen LogP contribution in [0.5, 0.6) is 0 Å². The average Bonchev–Trinajstić information content (AvgIpc) is 1.58. The lowest BCUT2D eigenvalue weighted by molar-refractivity contribution is -0.124. The Morgan fingerprint density at radius 2 is 0.957 bits per heavy atom. The largest absolute Gasteiger partial charge is 0.396 e. The van der Waals surface area contributed by atoms with Crippen LogP contribution in [0.4, 0.5) is 28.4 Å². The van der Waals surface area contributed by atoms with Gasteiger partial charge in [0.05, 0.1) is 64.6 Å². The summed E-state index contributed by atoms with van der Waals surface area (Å²) in [6.07, 6.45) is 21.1. The Morgan fingerprint density at radius 1 is 0.511 bits per heavy atom. The Hall–Kier alpha value is -8.58. The number of carbonyl (C=O) groups excluding carboxylic acids is 6. The van der Waals surface area contributed by atoms with Crippen molar-refractivity contribution in [2.24, 2.45) is 0 Å². The summed E-state index contributed by atoms with van der Waals surface area (Å²) >= 11 is 0. The lowest BCUT2D eigenvalue weighted by Gasteiger charge is -2.22. The normalized spacial score (nSPS) is 20.4. The molecule has 7 aliphatic carbocycles. The minimum atomic E-state index is -0.379. The van der Waals surface area contributed by atoms with Crippen LogP contribution < -0.4 is 24.9 Å². The smallest absolute Gasteiger partial charge is 0.238 e. The first-order valence-corrected chi connectivity index (χ1v) is 34.2. The summed E-state index contributed by atoms with van der Waals surface area (Å²) < 4.78 is 12.7. The summed E-state index contributed by atoms with van der Waals surface area (Å²) in [5, 5.41) is 12.1. The number of benzene rings is 5. The number of fused-ring (bicyclic) bond motifs is 12. The van der Waals surface area contributed by atoms with Crippen LogP contribution in [0.3, 0.4) is 0 Å². The second-order valence-corrected chi connectivity index (χ2v) is 27.7. The Kier molecular flexibility index (Phi) is 15.9. The van der Waals surface area contributed by atoms with Crippen LogP contribution in [0.1, 0.15) is 165 Å². The highest BCUT2D eigenvalue weighted by Crippen LogP contribution is 2.61. The van der Waals surface area contributed by atoms with Crippen molar-refractivity contribution >= 4 is 64.3 Å². The van der Waals surface area contributed by atoms with Crippen molar-refractivity contribution in [2.75, 3.05) is 58.8 Å². The number of aromatic amines is 1. The summed E-state index contributed by atoms with van der Waals surface area (Å²) in [4.78, 5) is 93.3. The molecule has 0 radical (unpaired) electrons. The molecule has 7 heterocycles. The summed E-state index contributed by atoms with van der Waals surface area (Å²) in [5.41, 5.74) is 15.0. The zero-order valence-electron chi connectivity index (χ0n) is 53.9. The van der Waals surface area contributed by atoms with Gasteiger partial charge in [0.15, 0.2) is 6.29 Å². The molecule has 19 rings (SSSR count). The number of nitrogens with one attached hydrogen (secondary N) is 2. The van der Waals surface area contributed by atoms with Gasteiger partial charge < -0.3 is 53.8 Å². The molecule has 5 fully saturated rings. The molecule has 94 heavy (non-hydrogen) atoms. The van der Waals surface area contributed by atoms with Crippen LogP contribution in [-0.2, 0) is 111 Å². The van der Waals surface area contributed by atoms with E-state index in [0.717, 1.165) is 161 Å². The predicted octanol–water partition coefficient (Wildman–Crippen LogP) is 10.6. The van der Waals surface area contributed by atoms with Crippen molar-refractivity contribution in [2.45, 2.75) is 181 Å². The molecule has 18 nitrogen and oxygen atoms in total. The molecule has 5 aliphatic heterocycles. The molecule has 5 spiro atoms. The highest BCUT2D eigenvalue weighted by Gasteiger charge is 2.62. The zero-order chi connectivity index (χ0) is 64.6. The summed E-state index contributed by atoms with van der Waals surface area (Å²) in [5.74, 6) is 2.98. The third kappa shape index (κ3) is 10.4. The van der Waals surface area contributed by atoms with E-state index in [1.54, 1.807) is 24.0 Å². The fourth-order valence-corrected chi connectivity index (χ4v) is 16.3. The molecule has 5 amide bonds. The molecule has 0 saturated heterocycles.